The Hall–Kier alpha value is -0.870. The third-order valence-corrected chi connectivity index (χ3v) is 2.25. The van der Waals surface area contributed by atoms with Crippen LogP contribution in [0.25, 0.3) is 0 Å². The summed E-state index contributed by atoms with van der Waals surface area (Å²) in [7, 11) is 0. The van der Waals surface area contributed by atoms with E-state index in [0.29, 0.717) is 5.92 Å². The minimum absolute atomic E-state index is 0.669. The van der Waals surface area contributed by atoms with Crippen LogP contribution in [0.2, 0.25) is 0 Å². The highest BCUT2D eigenvalue weighted by molar-refractivity contribution is 4.91. The number of aromatic nitrogens is 1. The van der Waals surface area contributed by atoms with Gasteiger partial charge >= 0.3 is 0 Å². The van der Waals surface area contributed by atoms with Gasteiger partial charge in [0.05, 0.1) is 19.3 Å². The second kappa shape index (κ2) is 4.39. The van der Waals surface area contributed by atoms with Crippen molar-refractivity contribution < 1.29 is 9.26 Å². The van der Waals surface area contributed by atoms with E-state index in [1.54, 1.807) is 6.20 Å². The second-order valence-electron chi connectivity index (χ2n) is 3.34. The lowest BCUT2D eigenvalue weighted by atomic mass is 10.1. The largest absolute Gasteiger partial charge is 0.381 e. The lowest BCUT2D eigenvalue weighted by Gasteiger charge is -2.06. The predicted octanol–water partition coefficient (Wildman–Crippen LogP) is 0.801. The van der Waals surface area contributed by atoms with E-state index in [0.717, 1.165) is 32.1 Å². The molecule has 1 atom stereocenters. The molecule has 1 unspecified atom stereocenters. The lowest BCUT2D eigenvalue weighted by molar-refractivity contribution is 0.185. The number of nitrogens with one attached hydrogen (secondary N) is 1. The van der Waals surface area contributed by atoms with Crippen LogP contribution in [0.15, 0.2) is 16.8 Å². The fraction of sp³-hybridized carbons (Fsp3) is 0.667. The van der Waals surface area contributed by atoms with Crippen molar-refractivity contribution in [3.8, 4) is 0 Å². The number of nitrogens with zero attached hydrogens (tertiary/aromatic N) is 1. The van der Waals surface area contributed by atoms with Gasteiger partial charge in [-0.15, -0.1) is 0 Å². The number of rotatable bonds is 4. The van der Waals surface area contributed by atoms with Gasteiger partial charge < -0.3 is 14.6 Å². The van der Waals surface area contributed by atoms with Crippen LogP contribution in [-0.4, -0.2) is 24.9 Å². The van der Waals surface area contributed by atoms with E-state index in [4.69, 9.17) is 9.26 Å². The molecule has 0 spiro atoms. The van der Waals surface area contributed by atoms with E-state index in [1.165, 1.54) is 6.42 Å². The first kappa shape index (κ1) is 8.72. The first-order valence-electron chi connectivity index (χ1n) is 4.63. The van der Waals surface area contributed by atoms with Gasteiger partial charge in [0.25, 0.3) is 0 Å². The van der Waals surface area contributed by atoms with Gasteiger partial charge in [0.15, 0.2) is 0 Å². The van der Waals surface area contributed by atoms with Gasteiger partial charge in [-0.2, -0.15) is 0 Å². The number of hydrogen-bond acceptors (Lipinski definition) is 4. The first-order valence-corrected chi connectivity index (χ1v) is 4.63. The molecule has 1 N–H and O–H groups in total. The van der Waals surface area contributed by atoms with Gasteiger partial charge in [-0.1, -0.05) is 5.16 Å². The Balaban J connectivity index is 1.63. The zero-order chi connectivity index (χ0) is 8.93. The van der Waals surface area contributed by atoms with Crippen molar-refractivity contribution in [2.24, 2.45) is 5.92 Å². The van der Waals surface area contributed by atoms with E-state index >= 15 is 0 Å². The van der Waals surface area contributed by atoms with Crippen LogP contribution in [0, 0.1) is 5.92 Å². The summed E-state index contributed by atoms with van der Waals surface area (Å²) in [6.45, 7) is 3.56. The number of ether oxygens (including phenoxy) is 1. The molecule has 0 aromatic carbocycles. The molecule has 0 radical (unpaired) electrons. The van der Waals surface area contributed by atoms with E-state index in [2.05, 4.69) is 10.5 Å². The third-order valence-electron chi connectivity index (χ3n) is 2.25. The zero-order valence-electron chi connectivity index (χ0n) is 7.53. The monoisotopic (exact) mass is 182 g/mol. The van der Waals surface area contributed by atoms with Gasteiger partial charge in [0, 0.05) is 19.2 Å². The van der Waals surface area contributed by atoms with Crippen molar-refractivity contribution in [3.63, 3.8) is 0 Å². The molecule has 1 aliphatic heterocycles. The molecule has 4 heteroatoms. The van der Waals surface area contributed by atoms with Crippen molar-refractivity contribution in [2.45, 2.75) is 13.0 Å². The molecule has 2 rings (SSSR count). The molecule has 0 saturated carbocycles. The number of hydrogen-bond donors (Lipinski definition) is 1. The van der Waals surface area contributed by atoms with Crippen molar-refractivity contribution in [1.82, 2.24) is 10.5 Å². The third kappa shape index (κ3) is 2.54. The van der Waals surface area contributed by atoms with E-state index < -0.39 is 0 Å². The van der Waals surface area contributed by atoms with Gasteiger partial charge in [-0.25, -0.2) is 0 Å². The molecule has 1 aromatic heterocycles. The summed E-state index contributed by atoms with van der Waals surface area (Å²) < 4.78 is 10.2. The van der Waals surface area contributed by atoms with Crippen LogP contribution in [0.1, 0.15) is 12.2 Å². The minimum atomic E-state index is 0.669. The van der Waals surface area contributed by atoms with Crippen LogP contribution in [-0.2, 0) is 11.3 Å². The summed E-state index contributed by atoms with van der Waals surface area (Å²) in [6.07, 6.45) is 2.83. The van der Waals surface area contributed by atoms with Crippen LogP contribution in [0.3, 0.4) is 0 Å². The Labute approximate surface area is 77.2 Å². The van der Waals surface area contributed by atoms with Crippen LogP contribution < -0.4 is 5.32 Å². The zero-order valence-corrected chi connectivity index (χ0v) is 7.53. The fourth-order valence-corrected chi connectivity index (χ4v) is 1.48. The highest BCUT2D eigenvalue weighted by Gasteiger charge is 2.14. The Morgan fingerprint density at radius 3 is 3.31 bits per heavy atom. The van der Waals surface area contributed by atoms with Crippen molar-refractivity contribution in [3.05, 3.63) is 18.0 Å². The van der Waals surface area contributed by atoms with Gasteiger partial charge in [-0.3, -0.25) is 0 Å². The summed E-state index contributed by atoms with van der Waals surface area (Å²) in [5.41, 5.74) is 0. The molecule has 1 saturated heterocycles. The maximum atomic E-state index is 5.27. The molecule has 1 fully saturated rings. The molecule has 1 aliphatic rings. The Morgan fingerprint density at radius 1 is 1.62 bits per heavy atom. The average molecular weight is 182 g/mol. The summed E-state index contributed by atoms with van der Waals surface area (Å²) in [5, 5.41) is 6.95. The van der Waals surface area contributed by atoms with E-state index in [9.17, 15) is 0 Å². The summed E-state index contributed by atoms with van der Waals surface area (Å²) in [6, 6.07) is 1.87. The topological polar surface area (TPSA) is 47.3 Å². The molecule has 1 aromatic rings. The summed E-state index contributed by atoms with van der Waals surface area (Å²) >= 11 is 0. The molecular weight excluding hydrogens is 168 g/mol. The SMILES string of the molecule is c1cc(CNCC2CCOC2)on1. The second-order valence-corrected chi connectivity index (χ2v) is 3.34. The molecule has 72 valence electrons. The lowest BCUT2D eigenvalue weighted by Crippen LogP contribution is -2.22. The average Bonchev–Trinajstić information content (AvgIpc) is 2.75. The quantitative estimate of drug-likeness (QED) is 0.748. The standard InChI is InChI=1S/C9H14N2O2/c1-3-11-13-9(1)6-10-5-8-2-4-12-7-8/h1,3,8,10H,2,4-7H2. The first-order chi connectivity index (χ1) is 6.45. The Bertz CT molecular complexity index is 230. The van der Waals surface area contributed by atoms with E-state index in [1.807, 2.05) is 6.07 Å². The summed E-state index contributed by atoms with van der Waals surface area (Å²) in [4.78, 5) is 0. The molecular formula is C9H14N2O2. The predicted molar refractivity (Wildman–Crippen MR) is 47.1 cm³/mol. The Morgan fingerprint density at radius 2 is 2.62 bits per heavy atom. The van der Waals surface area contributed by atoms with Gasteiger partial charge in [0.2, 0.25) is 0 Å². The molecule has 2 heterocycles. The van der Waals surface area contributed by atoms with Gasteiger partial charge in [-0.05, 0) is 12.3 Å². The smallest absolute Gasteiger partial charge is 0.150 e. The normalized spacial score (nSPS) is 22.3. The van der Waals surface area contributed by atoms with Crippen molar-refractivity contribution in [1.29, 1.82) is 0 Å². The summed E-state index contributed by atoms with van der Waals surface area (Å²) in [5.74, 6) is 1.56. The van der Waals surface area contributed by atoms with Crippen LogP contribution in [0.4, 0.5) is 0 Å². The fourth-order valence-electron chi connectivity index (χ4n) is 1.48. The van der Waals surface area contributed by atoms with Crippen molar-refractivity contribution >= 4 is 0 Å². The van der Waals surface area contributed by atoms with Crippen molar-refractivity contribution in [2.75, 3.05) is 19.8 Å². The van der Waals surface area contributed by atoms with Gasteiger partial charge in [0.1, 0.15) is 5.76 Å². The highest BCUT2D eigenvalue weighted by atomic mass is 16.5. The maximum Gasteiger partial charge on any atom is 0.150 e. The van der Waals surface area contributed by atoms with Crippen LogP contribution in [0.5, 0.6) is 0 Å². The molecule has 13 heavy (non-hydrogen) atoms. The Kier molecular flexibility index (Phi) is 2.94. The molecule has 0 amide bonds. The molecule has 4 nitrogen and oxygen atoms in total. The molecule has 0 aliphatic carbocycles. The molecule has 0 bridgehead atoms. The van der Waals surface area contributed by atoms with Crippen LogP contribution >= 0.6 is 0 Å². The highest BCUT2D eigenvalue weighted by Crippen LogP contribution is 2.10. The maximum absolute atomic E-state index is 5.27. The minimum Gasteiger partial charge on any atom is -0.381 e. The van der Waals surface area contributed by atoms with E-state index in [-0.39, 0.29) is 0 Å².